The van der Waals surface area contributed by atoms with Gasteiger partial charge < -0.3 is 16.0 Å². The lowest BCUT2D eigenvalue weighted by Gasteiger charge is -2.12. The molecule has 3 rings (SSSR count). The predicted octanol–water partition coefficient (Wildman–Crippen LogP) is 5.18. The number of carbonyl (C=O) groups excluding carboxylic acids is 1. The first kappa shape index (κ1) is 20.5. The number of amides is 1. The van der Waals surface area contributed by atoms with E-state index in [1.807, 2.05) is 0 Å². The van der Waals surface area contributed by atoms with Crippen molar-refractivity contribution in [3.8, 4) is 0 Å². The molecule has 3 aromatic rings. The fraction of sp³-hybridized carbons (Fsp3) is 0.130. The molecule has 148 valence electrons. The fourth-order valence-electron chi connectivity index (χ4n) is 3.01. The summed E-state index contributed by atoms with van der Waals surface area (Å²) in [6.45, 7) is 4.77. The topological polar surface area (TPSA) is 53.2 Å². The Bertz CT molecular complexity index is 1010. The highest BCUT2D eigenvalue weighted by Crippen LogP contribution is 2.16. The van der Waals surface area contributed by atoms with Gasteiger partial charge in [0.2, 0.25) is 0 Å². The molecule has 0 aliphatic carbocycles. The van der Waals surface area contributed by atoms with Crippen LogP contribution >= 0.6 is 12.2 Å². The largest absolute Gasteiger partial charge is 0.358 e. The van der Waals surface area contributed by atoms with Crippen LogP contribution in [-0.2, 0) is 6.54 Å². The van der Waals surface area contributed by atoms with Gasteiger partial charge in [-0.25, -0.2) is 4.39 Å². The monoisotopic (exact) mass is 407 g/mol. The highest BCUT2D eigenvalue weighted by atomic mass is 32.1. The Balaban J connectivity index is 1.54. The first-order valence-electron chi connectivity index (χ1n) is 9.19. The highest BCUT2D eigenvalue weighted by molar-refractivity contribution is 7.80. The number of nitrogens with one attached hydrogen (secondary N) is 3. The van der Waals surface area contributed by atoms with E-state index in [2.05, 4.69) is 48.0 Å². The Hall–Kier alpha value is -3.25. The second-order valence-electron chi connectivity index (χ2n) is 6.81. The molecular formula is C23H22FN3OS. The summed E-state index contributed by atoms with van der Waals surface area (Å²) in [6.07, 6.45) is 0. The Kier molecular flexibility index (Phi) is 6.57. The van der Waals surface area contributed by atoms with Gasteiger partial charge in [-0.1, -0.05) is 41.5 Å². The van der Waals surface area contributed by atoms with Crippen LogP contribution in [0.5, 0.6) is 0 Å². The molecule has 0 aromatic heterocycles. The maximum absolute atomic E-state index is 13.7. The van der Waals surface area contributed by atoms with Crippen molar-refractivity contribution < 1.29 is 9.18 Å². The van der Waals surface area contributed by atoms with Gasteiger partial charge in [0.15, 0.2) is 5.11 Å². The molecule has 3 N–H and O–H groups in total. The quantitative estimate of drug-likeness (QED) is 0.510. The Labute approximate surface area is 175 Å². The van der Waals surface area contributed by atoms with E-state index in [-0.39, 0.29) is 5.56 Å². The minimum atomic E-state index is -0.552. The van der Waals surface area contributed by atoms with Gasteiger partial charge in [-0.15, -0.1) is 0 Å². The molecule has 4 nitrogen and oxygen atoms in total. The normalized spacial score (nSPS) is 10.3. The Morgan fingerprint density at radius 1 is 0.897 bits per heavy atom. The average Bonchev–Trinajstić information content (AvgIpc) is 2.67. The molecule has 0 aliphatic rings. The van der Waals surface area contributed by atoms with Crippen LogP contribution in [0.2, 0.25) is 0 Å². The summed E-state index contributed by atoms with van der Waals surface area (Å²) in [5, 5.41) is 9.48. The lowest BCUT2D eigenvalue weighted by Crippen LogP contribution is -2.27. The van der Waals surface area contributed by atoms with Crippen LogP contribution < -0.4 is 16.0 Å². The first-order valence-corrected chi connectivity index (χ1v) is 9.59. The van der Waals surface area contributed by atoms with Crippen molar-refractivity contribution in [1.29, 1.82) is 0 Å². The summed E-state index contributed by atoms with van der Waals surface area (Å²) in [6, 6.07) is 19.3. The van der Waals surface area contributed by atoms with Crippen LogP contribution in [0, 0.1) is 19.7 Å². The van der Waals surface area contributed by atoms with Gasteiger partial charge in [-0.05, 0) is 68.0 Å². The van der Waals surface area contributed by atoms with Crippen LogP contribution in [0.15, 0.2) is 66.7 Å². The lowest BCUT2D eigenvalue weighted by atomic mass is 10.1. The van der Waals surface area contributed by atoms with Gasteiger partial charge in [0.25, 0.3) is 5.91 Å². The van der Waals surface area contributed by atoms with E-state index in [9.17, 15) is 9.18 Å². The number of hydrogen-bond acceptors (Lipinski definition) is 2. The van der Waals surface area contributed by atoms with Crippen molar-refractivity contribution in [2.75, 3.05) is 10.6 Å². The third-order valence-electron chi connectivity index (χ3n) is 4.25. The summed E-state index contributed by atoms with van der Waals surface area (Å²) >= 11 is 5.35. The predicted molar refractivity (Wildman–Crippen MR) is 120 cm³/mol. The summed E-state index contributed by atoms with van der Waals surface area (Å²) in [5.74, 6) is -1.04. The minimum absolute atomic E-state index is 0.00599. The lowest BCUT2D eigenvalue weighted by molar-refractivity contribution is 0.102. The van der Waals surface area contributed by atoms with Crippen molar-refractivity contribution in [2.45, 2.75) is 20.4 Å². The summed E-state index contributed by atoms with van der Waals surface area (Å²) in [7, 11) is 0. The molecule has 29 heavy (non-hydrogen) atoms. The summed E-state index contributed by atoms with van der Waals surface area (Å²) in [4.78, 5) is 12.2. The fourth-order valence-corrected chi connectivity index (χ4v) is 3.20. The molecule has 0 unspecified atom stereocenters. The maximum atomic E-state index is 13.7. The summed E-state index contributed by atoms with van der Waals surface area (Å²) < 4.78 is 13.7. The molecule has 1 amide bonds. The minimum Gasteiger partial charge on any atom is -0.358 e. The number of aryl methyl sites for hydroxylation is 2. The van der Waals surface area contributed by atoms with E-state index in [0.717, 1.165) is 11.3 Å². The molecule has 0 heterocycles. The molecule has 0 radical (unpaired) electrons. The number of carbonyl (C=O) groups is 1. The molecule has 6 heteroatoms. The SMILES string of the molecule is Cc1cc(C)cc(CNC(=S)Nc2ccc(NC(=O)c3ccccc3F)cc2)c1. The zero-order valence-electron chi connectivity index (χ0n) is 16.3. The molecule has 0 fully saturated rings. The van der Waals surface area contributed by atoms with Gasteiger partial charge in [0.1, 0.15) is 5.82 Å². The third kappa shape index (κ3) is 5.86. The van der Waals surface area contributed by atoms with E-state index in [1.54, 1.807) is 36.4 Å². The zero-order valence-corrected chi connectivity index (χ0v) is 17.1. The van der Waals surface area contributed by atoms with Crippen LogP contribution in [0.4, 0.5) is 15.8 Å². The molecule has 0 aliphatic heterocycles. The van der Waals surface area contributed by atoms with E-state index in [0.29, 0.717) is 17.3 Å². The van der Waals surface area contributed by atoms with Gasteiger partial charge in [0.05, 0.1) is 5.56 Å². The highest BCUT2D eigenvalue weighted by Gasteiger charge is 2.10. The molecule has 0 atom stereocenters. The number of halogens is 1. The average molecular weight is 408 g/mol. The van der Waals surface area contributed by atoms with E-state index >= 15 is 0 Å². The Morgan fingerprint density at radius 3 is 2.10 bits per heavy atom. The van der Waals surface area contributed by atoms with Crippen molar-refractivity contribution >= 4 is 34.6 Å². The van der Waals surface area contributed by atoms with Crippen LogP contribution in [0.1, 0.15) is 27.0 Å². The Morgan fingerprint density at radius 2 is 1.48 bits per heavy atom. The maximum Gasteiger partial charge on any atom is 0.258 e. The number of rotatable bonds is 5. The zero-order chi connectivity index (χ0) is 20.8. The van der Waals surface area contributed by atoms with Crippen molar-refractivity contribution in [2.24, 2.45) is 0 Å². The van der Waals surface area contributed by atoms with Crippen LogP contribution in [0.3, 0.4) is 0 Å². The van der Waals surface area contributed by atoms with Crippen molar-refractivity contribution in [1.82, 2.24) is 5.32 Å². The van der Waals surface area contributed by atoms with E-state index in [4.69, 9.17) is 12.2 Å². The molecule has 0 saturated carbocycles. The molecule has 0 bridgehead atoms. The second-order valence-corrected chi connectivity index (χ2v) is 7.22. The first-order chi connectivity index (χ1) is 13.9. The molecule has 0 spiro atoms. The van der Waals surface area contributed by atoms with Gasteiger partial charge in [-0.3, -0.25) is 4.79 Å². The van der Waals surface area contributed by atoms with Crippen molar-refractivity contribution in [3.05, 3.63) is 94.8 Å². The number of benzene rings is 3. The second kappa shape index (κ2) is 9.30. The standard InChI is InChI=1S/C23H22FN3OS/c1-15-11-16(2)13-17(12-15)14-25-23(29)27-19-9-7-18(8-10-19)26-22(28)20-5-3-4-6-21(20)24/h3-13H,14H2,1-2H3,(H,26,28)(H2,25,27,29). The van der Waals surface area contributed by atoms with E-state index in [1.165, 1.54) is 23.3 Å². The number of hydrogen-bond donors (Lipinski definition) is 3. The third-order valence-corrected chi connectivity index (χ3v) is 4.50. The number of anilines is 2. The summed E-state index contributed by atoms with van der Waals surface area (Å²) in [5.41, 5.74) is 4.96. The molecular weight excluding hydrogens is 385 g/mol. The van der Waals surface area contributed by atoms with Crippen molar-refractivity contribution in [3.63, 3.8) is 0 Å². The van der Waals surface area contributed by atoms with E-state index < -0.39 is 11.7 Å². The van der Waals surface area contributed by atoms with Crippen LogP contribution in [-0.4, -0.2) is 11.0 Å². The molecule has 3 aromatic carbocycles. The van der Waals surface area contributed by atoms with Gasteiger partial charge in [0, 0.05) is 17.9 Å². The van der Waals surface area contributed by atoms with Gasteiger partial charge >= 0.3 is 0 Å². The molecule has 0 saturated heterocycles. The number of thiocarbonyl (C=S) groups is 1. The van der Waals surface area contributed by atoms with Crippen LogP contribution in [0.25, 0.3) is 0 Å². The van der Waals surface area contributed by atoms with Gasteiger partial charge in [-0.2, -0.15) is 0 Å². The smallest absolute Gasteiger partial charge is 0.258 e.